The van der Waals surface area contributed by atoms with Crippen molar-refractivity contribution >= 4 is 27.5 Å². The fraction of sp³-hybridized carbons (Fsp3) is 0.133. The lowest BCUT2D eigenvalue weighted by Crippen LogP contribution is -2.27. The van der Waals surface area contributed by atoms with Crippen molar-refractivity contribution in [3.05, 3.63) is 58.6 Å². The van der Waals surface area contributed by atoms with Gasteiger partial charge in [-0.2, -0.15) is 0 Å². The molecule has 2 aromatic carbocycles. The predicted molar refractivity (Wildman–Crippen MR) is 82.7 cm³/mol. The van der Waals surface area contributed by atoms with Crippen LogP contribution in [-0.2, 0) is 4.79 Å². The topological polar surface area (TPSA) is 64.3 Å². The minimum absolute atomic E-state index is 0.267. The highest BCUT2D eigenvalue weighted by Gasteiger charge is 2.15. The number of hydrogen-bond donors (Lipinski definition) is 2. The summed E-state index contributed by atoms with van der Waals surface area (Å²) in [6, 6.07) is 13.9. The Morgan fingerprint density at radius 2 is 1.95 bits per heavy atom. The van der Waals surface area contributed by atoms with Crippen LogP contribution in [0.4, 0.5) is 5.69 Å². The fourth-order valence-corrected chi connectivity index (χ4v) is 2.26. The highest BCUT2D eigenvalue weighted by Crippen LogP contribution is 2.25. The molecule has 0 aliphatic rings. The van der Waals surface area contributed by atoms with Crippen LogP contribution in [0, 0.1) is 0 Å². The van der Waals surface area contributed by atoms with Gasteiger partial charge in [0.15, 0.2) is 0 Å². The number of nitrogens with two attached hydrogens (primary N) is 1. The van der Waals surface area contributed by atoms with Gasteiger partial charge >= 0.3 is 0 Å². The minimum Gasteiger partial charge on any atom is -0.497 e. The molecule has 5 heteroatoms. The molecule has 0 aromatic heterocycles. The number of anilines is 1. The highest BCUT2D eigenvalue weighted by atomic mass is 79.9. The molecule has 1 atom stereocenters. The number of halogens is 1. The summed E-state index contributed by atoms with van der Waals surface area (Å²) in [5, 5.41) is 2.78. The van der Waals surface area contributed by atoms with Crippen molar-refractivity contribution in [2.75, 3.05) is 12.4 Å². The van der Waals surface area contributed by atoms with Crippen molar-refractivity contribution < 1.29 is 9.53 Å². The molecular formula is C15H15BrN2O2. The first-order valence-corrected chi connectivity index (χ1v) is 6.85. The lowest BCUT2D eigenvalue weighted by atomic mass is 10.1. The van der Waals surface area contributed by atoms with E-state index in [1.807, 2.05) is 36.4 Å². The molecule has 104 valence electrons. The molecule has 0 bridgehead atoms. The zero-order chi connectivity index (χ0) is 14.5. The van der Waals surface area contributed by atoms with Crippen LogP contribution in [0.25, 0.3) is 0 Å². The molecule has 1 amide bonds. The monoisotopic (exact) mass is 334 g/mol. The Bertz CT molecular complexity index is 602. The van der Waals surface area contributed by atoms with E-state index in [9.17, 15) is 4.79 Å². The summed E-state index contributed by atoms with van der Waals surface area (Å²) >= 11 is 3.36. The lowest BCUT2D eigenvalue weighted by molar-refractivity contribution is -0.117. The van der Waals surface area contributed by atoms with Crippen molar-refractivity contribution in [1.82, 2.24) is 0 Å². The quantitative estimate of drug-likeness (QED) is 0.902. The molecule has 0 aliphatic carbocycles. The Kier molecular flexibility index (Phi) is 4.76. The number of carbonyl (C=O) groups excluding carboxylic acids is 1. The van der Waals surface area contributed by atoms with E-state index in [1.54, 1.807) is 19.2 Å². The van der Waals surface area contributed by atoms with Gasteiger partial charge in [-0.05, 0) is 17.7 Å². The van der Waals surface area contributed by atoms with Crippen molar-refractivity contribution in [1.29, 1.82) is 0 Å². The Morgan fingerprint density at radius 1 is 1.25 bits per heavy atom. The summed E-state index contributed by atoms with van der Waals surface area (Å²) in [6.45, 7) is 0. The Morgan fingerprint density at radius 3 is 2.60 bits per heavy atom. The first-order chi connectivity index (χ1) is 9.60. The second kappa shape index (κ2) is 6.54. The van der Waals surface area contributed by atoms with Crippen LogP contribution < -0.4 is 15.8 Å². The highest BCUT2D eigenvalue weighted by molar-refractivity contribution is 9.10. The number of nitrogens with one attached hydrogen (secondary N) is 1. The van der Waals surface area contributed by atoms with E-state index in [2.05, 4.69) is 21.2 Å². The van der Waals surface area contributed by atoms with E-state index < -0.39 is 6.04 Å². The van der Waals surface area contributed by atoms with Gasteiger partial charge in [0.2, 0.25) is 5.91 Å². The normalized spacial score (nSPS) is 11.8. The molecule has 0 heterocycles. The maximum atomic E-state index is 12.1. The molecule has 0 unspecified atom stereocenters. The fourth-order valence-electron chi connectivity index (χ4n) is 1.78. The van der Waals surface area contributed by atoms with Crippen LogP contribution >= 0.6 is 15.9 Å². The first-order valence-electron chi connectivity index (χ1n) is 6.06. The maximum Gasteiger partial charge on any atom is 0.245 e. The molecule has 0 aliphatic heterocycles. The number of methoxy groups -OCH3 is 1. The van der Waals surface area contributed by atoms with E-state index >= 15 is 0 Å². The second-order valence-corrected chi connectivity index (χ2v) is 5.17. The van der Waals surface area contributed by atoms with Gasteiger partial charge in [0.1, 0.15) is 11.8 Å². The van der Waals surface area contributed by atoms with Crippen LogP contribution in [0.15, 0.2) is 53.0 Å². The number of rotatable bonds is 4. The van der Waals surface area contributed by atoms with Gasteiger partial charge in [-0.3, -0.25) is 4.79 Å². The van der Waals surface area contributed by atoms with Gasteiger partial charge in [0.05, 0.1) is 7.11 Å². The molecule has 0 saturated heterocycles. The Labute approximate surface area is 126 Å². The van der Waals surface area contributed by atoms with Gasteiger partial charge < -0.3 is 15.8 Å². The van der Waals surface area contributed by atoms with Crippen LogP contribution in [0.1, 0.15) is 11.6 Å². The number of ether oxygens (including phenoxy) is 1. The van der Waals surface area contributed by atoms with Crippen LogP contribution in [0.5, 0.6) is 5.75 Å². The van der Waals surface area contributed by atoms with Crippen molar-refractivity contribution in [2.24, 2.45) is 5.73 Å². The number of carbonyl (C=O) groups is 1. The van der Waals surface area contributed by atoms with E-state index in [-0.39, 0.29) is 5.91 Å². The van der Waals surface area contributed by atoms with E-state index in [1.165, 1.54) is 0 Å². The second-order valence-electron chi connectivity index (χ2n) is 4.26. The summed E-state index contributed by atoms with van der Waals surface area (Å²) in [4.78, 5) is 12.1. The van der Waals surface area contributed by atoms with Crippen LogP contribution in [0.2, 0.25) is 0 Å². The van der Waals surface area contributed by atoms with Gasteiger partial charge in [-0.25, -0.2) is 0 Å². The Hall–Kier alpha value is -1.85. The predicted octanol–water partition coefficient (Wildman–Crippen LogP) is 3.10. The third-order valence-corrected chi connectivity index (χ3v) is 3.27. The standard InChI is InChI=1S/C15H15BrN2O2/c1-20-13-8-11(16)7-12(9-13)18-15(19)14(17)10-5-3-2-4-6-10/h2-9,14H,17H2,1H3,(H,18,19)/t14-/m0/s1. The summed E-state index contributed by atoms with van der Waals surface area (Å²) in [5.41, 5.74) is 7.34. The molecule has 0 spiro atoms. The van der Waals surface area contributed by atoms with Crippen LogP contribution in [-0.4, -0.2) is 13.0 Å². The molecule has 2 aromatic rings. The summed E-state index contributed by atoms with van der Waals surface area (Å²) in [5.74, 6) is 0.388. The zero-order valence-electron chi connectivity index (χ0n) is 11.0. The average Bonchev–Trinajstić information content (AvgIpc) is 2.46. The van der Waals surface area contributed by atoms with Gasteiger partial charge in [0.25, 0.3) is 0 Å². The molecule has 3 N–H and O–H groups in total. The maximum absolute atomic E-state index is 12.1. The lowest BCUT2D eigenvalue weighted by Gasteiger charge is -2.13. The Balaban J connectivity index is 2.13. The summed E-state index contributed by atoms with van der Waals surface area (Å²) in [7, 11) is 1.57. The summed E-state index contributed by atoms with van der Waals surface area (Å²) < 4.78 is 5.97. The minimum atomic E-state index is -0.707. The molecule has 0 saturated carbocycles. The number of hydrogen-bond acceptors (Lipinski definition) is 3. The van der Waals surface area contributed by atoms with E-state index in [0.29, 0.717) is 11.4 Å². The van der Waals surface area contributed by atoms with Crippen molar-refractivity contribution in [3.63, 3.8) is 0 Å². The summed E-state index contributed by atoms with van der Waals surface area (Å²) in [6.07, 6.45) is 0. The van der Waals surface area contributed by atoms with Crippen molar-refractivity contribution in [3.8, 4) is 5.75 Å². The van der Waals surface area contributed by atoms with Gasteiger partial charge in [-0.15, -0.1) is 0 Å². The molecular weight excluding hydrogens is 320 g/mol. The molecule has 2 rings (SSSR count). The largest absolute Gasteiger partial charge is 0.497 e. The average molecular weight is 335 g/mol. The molecule has 0 fully saturated rings. The first kappa shape index (κ1) is 14.6. The van der Waals surface area contributed by atoms with Crippen LogP contribution in [0.3, 0.4) is 0 Å². The molecule has 20 heavy (non-hydrogen) atoms. The number of benzene rings is 2. The van der Waals surface area contributed by atoms with Gasteiger partial charge in [0, 0.05) is 16.2 Å². The smallest absolute Gasteiger partial charge is 0.245 e. The van der Waals surface area contributed by atoms with E-state index in [4.69, 9.17) is 10.5 Å². The van der Waals surface area contributed by atoms with E-state index in [0.717, 1.165) is 10.0 Å². The molecule has 4 nitrogen and oxygen atoms in total. The van der Waals surface area contributed by atoms with Crippen molar-refractivity contribution in [2.45, 2.75) is 6.04 Å². The number of amides is 1. The SMILES string of the molecule is COc1cc(Br)cc(NC(=O)[C@@H](N)c2ccccc2)c1. The third-order valence-electron chi connectivity index (χ3n) is 2.82. The molecule has 0 radical (unpaired) electrons. The van der Waals surface area contributed by atoms with Gasteiger partial charge in [-0.1, -0.05) is 46.3 Å². The third kappa shape index (κ3) is 3.59. The zero-order valence-corrected chi connectivity index (χ0v) is 12.6.